The number of ketones is 1. The van der Waals surface area contributed by atoms with Gasteiger partial charge in [0, 0.05) is 12.8 Å². The minimum absolute atomic E-state index is 0.0872. The monoisotopic (exact) mass is 473 g/mol. The van der Waals surface area contributed by atoms with Crippen LogP contribution in [0.4, 0.5) is 0 Å². The predicted octanol–water partition coefficient (Wildman–Crippen LogP) is 5.58. The van der Waals surface area contributed by atoms with Crippen molar-refractivity contribution in [2.24, 2.45) is 0 Å². The molecule has 1 unspecified atom stereocenters. The number of Topliss-reactive ketones (excluding diaryl/α,β-unsaturated/α-hetero) is 1. The molecule has 0 aromatic heterocycles. The van der Waals surface area contributed by atoms with Crippen molar-refractivity contribution in [3.05, 3.63) is 47.0 Å². The number of aryl methyl sites for hydroxylation is 1. The smallest absolute Gasteiger partial charge is 0.434 e. The Morgan fingerprint density at radius 3 is 1.73 bits per heavy atom. The van der Waals surface area contributed by atoms with Gasteiger partial charge in [0.2, 0.25) is 10.9 Å². The molecule has 0 radical (unpaired) electrons. The highest BCUT2D eigenvalue weighted by Gasteiger charge is 2.61. The first-order valence-corrected chi connectivity index (χ1v) is 12.1. The zero-order chi connectivity index (χ0) is 24.2. The third-order valence-electron chi connectivity index (χ3n) is 6.20. The van der Waals surface area contributed by atoms with E-state index in [2.05, 4.69) is 0 Å². The zero-order valence-corrected chi connectivity index (χ0v) is 20.6. The van der Waals surface area contributed by atoms with E-state index in [-0.39, 0.29) is 28.4 Å². The summed E-state index contributed by atoms with van der Waals surface area (Å²) in [5.41, 5.74) is 0.511. The van der Waals surface area contributed by atoms with E-state index < -0.39 is 18.5 Å². The van der Waals surface area contributed by atoms with Crippen molar-refractivity contribution in [2.75, 3.05) is 28.4 Å². The molecule has 2 aromatic carbocycles. The molecular formula is C25H30O7P+. The van der Waals surface area contributed by atoms with Crippen LogP contribution in [-0.2, 0) is 4.57 Å². The number of ether oxygens (including phenoxy) is 4. The number of carbonyl (C=O) groups is 2. The van der Waals surface area contributed by atoms with Crippen LogP contribution in [0.5, 0.6) is 23.0 Å². The maximum Gasteiger partial charge on any atom is 0.434 e. The quantitative estimate of drug-likeness (QED) is 0.347. The molecule has 2 aromatic rings. The number of rotatable bonds is 9. The van der Waals surface area contributed by atoms with Gasteiger partial charge in [-0.1, -0.05) is 17.1 Å². The fraction of sp³-hybridized carbons (Fsp3) is 0.440. The maximum absolute atomic E-state index is 14.1. The Labute approximate surface area is 195 Å². The first-order valence-electron chi connectivity index (χ1n) is 10.8. The van der Waals surface area contributed by atoms with Crippen molar-refractivity contribution in [3.8, 4) is 23.0 Å². The van der Waals surface area contributed by atoms with E-state index in [9.17, 15) is 14.2 Å². The van der Waals surface area contributed by atoms with E-state index in [0.29, 0.717) is 37.2 Å². The highest BCUT2D eigenvalue weighted by Crippen LogP contribution is 2.55. The van der Waals surface area contributed by atoms with Crippen molar-refractivity contribution in [3.63, 3.8) is 0 Å². The van der Waals surface area contributed by atoms with Crippen LogP contribution in [0.25, 0.3) is 0 Å². The number of carbonyl (C=O) groups excluding carboxylic acids is 2. The van der Waals surface area contributed by atoms with Crippen LogP contribution in [0.15, 0.2) is 30.3 Å². The van der Waals surface area contributed by atoms with E-state index >= 15 is 0 Å². The molecule has 0 heterocycles. The van der Waals surface area contributed by atoms with Crippen LogP contribution in [0.1, 0.15) is 58.4 Å². The summed E-state index contributed by atoms with van der Waals surface area (Å²) < 4.78 is 35.7. The van der Waals surface area contributed by atoms with Crippen molar-refractivity contribution in [1.82, 2.24) is 0 Å². The molecule has 176 valence electrons. The van der Waals surface area contributed by atoms with Crippen LogP contribution < -0.4 is 18.9 Å². The van der Waals surface area contributed by atoms with Gasteiger partial charge in [-0.2, -0.15) is 0 Å². The van der Waals surface area contributed by atoms with Crippen LogP contribution in [0, 0.1) is 6.92 Å². The van der Waals surface area contributed by atoms with Gasteiger partial charge in [0.25, 0.3) is 0 Å². The molecule has 33 heavy (non-hydrogen) atoms. The van der Waals surface area contributed by atoms with Gasteiger partial charge in [0.05, 0.1) is 28.4 Å². The topological polar surface area (TPSA) is 88.1 Å². The Balaban J connectivity index is 2.17. The lowest BCUT2D eigenvalue weighted by Crippen LogP contribution is -2.39. The molecule has 1 aliphatic carbocycles. The summed E-state index contributed by atoms with van der Waals surface area (Å²) in [6.45, 7) is 1.87. The van der Waals surface area contributed by atoms with E-state index in [1.54, 1.807) is 30.3 Å². The van der Waals surface area contributed by atoms with Gasteiger partial charge in [-0.25, -0.2) is 4.79 Å². The van der Waals surface area contributed by atoms with Gasteiger partial charge in [0.15, 0.2) is 5.56 Å². The first kappa shape index (κ1) is 24.7. The second-order valence-corrected chi connectivity index (χ2v) is 9.95. The van der Waals surface area contributed by atoms with E-state index in [1.807, 2.05) is 6.92 Å². The lowest BCUT2D eigenvalue weighted by molar-refractivity contribution is 0.0897. The summed E-state index contributed by atoms with van der Waals surface area (Å²) in [7, 11) is 3.14. The van der Waals surface area contributed by atoms with Crippen LogP contribution in [0.2, 0.25) is 0 Å². The third kappa shape index (κ3) is 4.47. The van der Waals surface area contributed by atoms with Gasteiger partial charge in [-0.05, 0) is 49.6 Å². The molecule has 0 saturated heterocycles. The molecule has 1 saturated carbocycles. The van der Waals surface area contributed by atoms with Gasteiger partial charge in [-0.15, -0.1) is 0 Å². The van der Waals surface area contributed by atoms with Gasteiger partial charge < -0.3 is 18.9 Å². The second-order valence-electron chi connectivity index (χ2n) is 8.10. The fourth-order valence-corrected chi connectivity index (χ4v) is 6.35. The third-order valence-corrected chi connectivity index (χ3v) is 8.22. The summed E-state index contributed by atoms with van der Waals surface area (Å²) in [4.78, 5) is 27.8. The molecular weight excluding hydrogens is 443 g/mol. The molecule has 1 fully saturated rings. The number of benzene rings is 2. The van der Waals surface area contributed by atoms with Crippen molar-refractivity contribution in [1.29, 1.82) is 0 Å². The minimum atomic E-state index is -2.68. The van der Waals surface area contributed by atoms with Gasteiger partial charge in [-0.3, -0.25) is 4.79 Å². The Kier molecular flexibility index (Phi) is 7.75. The summed E-state index contributed by atoms with van der Waals surface area (Å²) in [5.74, 6) is 0.803. The molecule has 0 aliphatic heterocycles. The molecule has 3 rings (SSSR count). The average Bonchev–Trinajstić information content (AvgIpc) is 2.86. The van der Waals surface area contributed by atoms with Crippen LogP contribution in [0.3, 0.4) is 0 Å². The van der Waals surface area contributed by atoms with Crippen molar-refractivity contribution < 1.29 is 33.1 Å². The van der Waals surface area contributed by atoms with E-state index in [4.69, 9.17) is 18.9 Å². The Hall–Kier alpha value is -2.92. The molecule has 0 bridgehead atoms. The fourth-order valence-electron chi connectivity index (χ4n) is 4.52. The number of hydrogen-bond acceptors (Lipinski definition) is 7. The second kappa shape index (κ2) is 10.3. The lowest BCUT2D eigenvalue weighted by Gasteiger charge is -2.27. The zero-order valence-electron chi connectivity index (χ0n) is 19.7. The van der Waals surface area contributed by atoms with Crippen LogP contribution >= 0.6 is 7.80 Å². The predicted molar refractivity (Wildman–Crippen MR) is 126 cm³/mol. The Morgan fingerprint density at radius 1 is 0.788 bits per heavy atom. The number of hydrogen-bond donors (Lipinski definition) is 0. The molecule has 0 amide bonds. The molecule has 7 nitrogen and oxygen atoms in total. The normalized spacial score (nSPS) is 15.4. The standard InChI is InChI=1S/C25H30O7P/c1-16-14-19(31-4)21(20(15-16)32-5)23(26)25(12-7-6-8-13-25)33(28)24(27)22-17(29-2)10-9-11-18(22)30-3/h9-11,14-15H,6-8,12-13H2,1-5H3/q+1. The Morgan fingerprint density at radius 2 is 1.27 bits per heavy atom. The summed E-state index contributed by atoms with van der Waals surface area (Å²) in [6, 6.07) is 8.39. The number of methoxy groups -OCH3 is 4. The van der Waals surface area contributed by atoms with E-state index in [0.717, 1.165) is 12.0 Å². The molecule has 1 aliphatic rings. The summed E-state index contributed by atoms with van der Waals surface area (Å²) in [5, 5.41) is -1.37. The Bertz CT molecular complexity index is 1020. The summed E-state index contributed by atoms with van der Waals surface area (Å²) >= 11 is 0. The van der Waals surface area contributed by atoms with Crippen molar-refractivity contribution in [2.45, 2.75) is 44.2 Å². The van der Waals surface area contributed by atoms with Gasteiger partial charge in [0.1, 0.15) is 28.6 Å². The average molecular weight is 473 g/mol. The van der Waals surface area contributed by atoms with Gasteiger partial charge >= 0.3 is 13.3 Å². The first-order chi connectivity index (χ1) is 15.8. The molecule has 8 heteroatoms. The maximum atomic E-state index is 14.1. The van der Waals surface area contributed by atoms with Crippen LogP contribution in [-0.4, -0.2) is 44.9 Å². The summed E-state index contributed by atoms with van der Waals surface area (Å²) in [6.07, 6.45) is 2.97. The molecule has 0 N–H and O–H groups in total. The van der Waals surface area contributed by atoms with Crippen molar-refractivity contribution >= 4 is 19.1 Å². The van der Waals surface area contributed by atoms with E-state index in [1.165, 1.54) is 28.4 Å². The highest BCUT2D eigenvalue weighted by atomic mass is 31.1. The largest absolute Gasteiger partial charge is 0.496 e. The minimum Gasteiger partial charge on any atom is -0.496 e. The highest BCUT2D eigenvalue weighted by molar-refractivity contribution is 7.67. The SMILES string of the molecule is COc1cccc(OC)c1C(=O)[P+](=O)C1(C(=O)c2c(OC)cc(C)cc2OC)CCCCC1. The molecule has 0 spiro atoms. The molecule has 1 atom stereocenters. The lowest BCUT2D eigenvalue weighted by atomic mass is 9.82.